The maximum atomic E-state index is 12.8. The van der Waals surface area contributed by atoms with Gasteiger partial charge in [0.05, 0.1) is 28.0 Å². The molecule has 0 atom stereocenters. The molecule has 3 rings (SSSR count). The second-order valence-electron chi connectivity index (χ2n) is 5.66. The average molecular weight is 528 g/mol. The van der Waals surface area contributed by atoms with Gasteiger partial charge in [-0.25, -0.2) is 0 Å². The topological polar surface area (TPSA) is 89.8 Å². The van der Waals surface area contributed by atoms with Crippen LogP contribution in [-0.4, -0.2) is 28.1 Å². The van der Waals surface area contributed by atoms with E-state index < -0.39 is 16.1 Å². The Bertz CT molecular complexity index is 1030. The van der Waals surface area contributed by atoms with Crippen LogP contribution >= 0.6 is 43.6 Å². The van der Waals surface area contributed by atoms with Gasteiger partial charge in [0.2, 0.25) is 0 Å². The number of imide groups is 1. The fourth-order valence-electron chi connectivity index (χ4n) is 2.67. The average Bonchev–Trinajstić information content (AvgIpc) is 2.89. The van der Waals surface area contributed by atoms with Crippen LogP contribution in [0.3, 0.4) is 0 Å². The number of nitro benzene ring substituents is 1. The van der Waals surface area contributed by atoms with E-state index in [1.54, 1.807) is 24.3 Å². The molecule has 1 saturated heterocycles. The Balaban J connectivity index is 1.93. The van der Waals surface area contributed by atoms with Crippen molar-refractivity contribution < 1.29 is 19.2 Å². The number of para-hydroxylation sites is 1. The minimum absolute atomic E-state index is 0.136. The fraction of sp³-hybridized carbons (Fsp3) is 0.111. The van der Waals surface area contributed by atoms with Crippen LogP contribution in [0, 0.1) is 10.1 Å². The van der Waals surface area contributed by atoms with Crippen LogP contribution in [-0.2, 0) is 11.3 Å². The highest BCUT2D eigenvalue weighted by Crippen LogP contribution is 2.38. The standard InChI is InChI=1S/C18H12Br2N2O5S/c1-27-16-11(6-12(19)8-13(16)20)7-15-17(23)21(18(24)28-15)9-10-4-2-3-5-14(10)22(25)26/h2-8H,9H2,1H3/b15-7-. The predicted octanol–water partition coefficient (Wildman–Crippen LogP) is 5.36. The Morgan fingerprint density at radius 3 is 2.64 bits per heavy atom. The number of methoxy groups -OCH3 is 1. The number of carbonyl (C=O) groups excluding carboxylic acids is 2. The lowest BCUT2D eigenvalue weighted by atomic mass is 10.1. The van der Waals surface area contributed by atoms with E-state index >= 15 is 0 Å². The van der Waals surface area contributed by atoms with E-state index in [0.29, 0.717) is 21.3 Å². The summed E-state index contributed by atoms with van der Waals surface area (Å²) in [5.74, 6) is 0.0139. The Labute approximate surface area is 181 Å². The van der Waals surface area contributed by atoms with Crippen molar-refractivity contribution in [2.75, 3.05) is 7.11 Å². The number of thioether (sulfide) groups is 1. The maximum absolute atomic E-state index is 12.8. The molecule has 28 heavy (non-hydrogen) atoms. The zero-order chi connectivity index (χ0) is 20.4. The number of hydrogen-bond acceptors (Lipinski definition) is 6. The van der Waals surface area contributed by atoms with Gasteiger partial charge in [-0.05, 0) is 45.9 Å². The first-order valence-corrected chi connectivity index (χ1v) is 10.2. The second kappa shape index (κ2) is 8.46. The van der Waals surface area contributed by atoms with Crippen molar-refractivity contribution in [3.05, 3.63) is 71.5 Å². The van der Waals surface area contributed by atoms with E-state index in [9.17, 15) is 19.7 Å². The molecule has 7 nitrogen and oxygen atoms in total. The first-order chi connectivity index (χ1) is 13.3. The molecule has 1 heterocycles. The molecule has 0 spiro atoms. The Morgan fingerprint density at radius 2 is 1.96 bits per heavy atom. The summed E-state index contributed by atoms with van der Waals surface area (Å²) in [6, 6.07) is 9.59. The van der Waals surface area contributed by atoms with Crippen LogP contribution in [0.1, 0.15) is 11.1 Å². The normalized spacial score (nSPS) is 15.4. The second-order valence-corrected chi connectivity index (χ2v) is 8.43. The third kappa shape index (κ3) is 4.13. The SMILES string of the molecule is COc1c(Br)cc(Br)cc1/C=C1\SC(=O)N(Cc2ccccc2[N+](=O)[O-])C1=O. The smallest absolute Gasteiger partial charge is 0.293 e. The molecule has 0 aliphatic carbocycles. The van der Waals surface area contributed by atoms with Crippen LogP contribution in [0.2, 0.25) is 0 Å². The summed E-state index contributed by atoms with van der Waals surface area (Å²) in [4.78, 5) is 37.0. The fourth-order valence-corrected chi connectivity index (χ4v) is 4.92. The van der Waals surface area contributed by atoms with E-state index in [-0.39, 0.29) is 17.1 Å². The van der Waals surface area contributed by atoms with Crippen molar-refractivity contribution in [2.45, 2.75) is 6.54 Å². The molecule has 0 unspecified atom stereocenters. The molecule has 0 saturated carbocycles. The number of nitrogens with zero attached hydrogens (tertiary/aromatic N) is 2. The van der Waals surface area contributed by atoms with Crippen LogP contribution < -0.4 is 4.74 Å². The summed E-state index contributed by atoms with van der Waals surface area (Å²) in [7, 11) is 1.51. The molecular weight excluding hydrogens is 516 g/mol. The van der Waals surface area contributed by atoms with Gasteiger partial charge in [0.15, 0.2) is 0 Å². The van der Waals surface area contributed by atoms with Crippen molar-refractivity contribution in [1.82, 2.24) is 4.90 Å². The first kappa shape index (κ1) is 20.6. The lowest BCUT2D eigenvalue weighted by Crippen LogP contribution is -2.27. The monoisotopic (exact) mass is 526 g/mol. The third-order valence-corrected chi connectivity index (χ3v) is 5.87. The quantitative estimate of drug-likeness (QED) is 0.295. The highest BCUT2D eigenvalue weighted by atomic mass is 79.9. The number of ether oxygens (including phenoxy) is 1. The summed E-state index contributed by atoms with van der Waals surface area (Å²) in [6.45, 7) is -0.168. The first-order valence-electron chi connectivity index (χ1n) is 7.82. The van der Waals surface area contributed by atoms with Gasteiger partial charge in [0.1, 0.15) is 5.75 Å². The lowest BCUT2D eigenvalue weighted by molar-refractivity contribution is -0.385. The van der Waals surface area contributed by atoms with E-state index in [4.69, 9.17) is 4.74 Å². The zero-order valence-corrected chi connectivity index (χ0v) is 18.3. The molecule has 0 radical (unpaired) electrons. The number of carbonyl (C=O) groups is 2. The molecule has 2 amide bonds. The van der Waals surface area contributed by atoms with Crippen molar-refractivity contribution in [1.29, 1.82) is 0 Å². The maximum Gasteiger partial charge on any atom is 0.293 e. The molecule has 0 bridgehead atoms. The Hall–Kier alpha value is -2.17. The van der Waals surface area contributed by atoms with Crippen molar-refractivity contribution >= 4 is 66.5 Å². The summed E-state index contributed by atoms with van der Waals surface area (Å²) in [6.07, 6.45) is 1.57. The minimum atomic E-state index is -0.534. The Kier molecular flexibility index (Phi) is 6.21. The third-order valence-electron chi connectivity index (χ3n) is 3.92. The van der Waals surface area contributed by atoms with Crippen LogP contribution in [0.15, 0.2) is 50.2 Å². The number of hydrogen-bond donors (Lipinski definition) is 0. The highest BCUT2D eigenvalue weighted by molar-refractivity contribution is 9.11. The Morgan fingerprint density at radius 1 is 1.25 bits per heavy atom. The number of nitro groups is 1. The van der Waals surface area contributed by atoms with Crippen molar-refractivity contribution in [3.8, 4) is 5.75 Å². The minimum Gasteiger partial charge on any atom is -0.495 e. The molecular formula is C18H12Br2N2O5S. The number of halogens is 2. The van der Waals surface area contributed by atoms with E-state index in [1.807, 2.05) is 0 Å². The van der Waals surface area contributed by atoms with Crippen LogP contribution in [0.4, 0.5) is 10.5 Å². The molecule has 10 heteroatoms. The molecule has 0 N–H and O–H groups in total. The summed E-state index contributed by atoms with van der Waals surface area (Å²) in [5, 5.41) is 10.7. The highest BCUT2D eigenvalue weighted by Gasteiger charge is 2.36. The van der Waals surface area contributed by atoms with Gasteiger partial charge in [0, 0.05) is 21.7 Å². The number of amides is 2. The van der Waals surface area contributed by atoms with Gasteiger partial charge in [-0.2, -0.15) is 0 Å². The van der Waals surface area contributed by atoms with E-state index in [2.05, 4.69) is 31.9 Å². The van der Waals surface area contributed by atoms with Gasteiger partial charge in [-0.1, -0.05) is 34.1 Å². The van der Waals surface area contributed by atoms with Gasteiger partial charge in [0.25, 0.3) is 16.8 Å². The number of benzene rings is 2. The summed E-state index contributed by atoms with van der Waals surface area (Å²) < 4.78 is 6.82. The van der Waals surface area contributed by atoms with Crippen LogP contribution in [0.5, 0.6) is 5.75 Å². The molecule has 1 fully saturated rings. The lowest BCUT2D eigenvalue weighted by Gasteiger charge is -2.12. The molecule has 0 aromatic heterocycles. The number of rotatable bonds is 5. The molecule has 1 aliphatic rings. The van der Waals surface area contributed by atoms with Crippen molar-refractivity contribution in [3.63, 3.8) is 0 Å². The summed E-state index contributed by atoms with van der Waals surface area (Å²) >= 11 is 7.56. The van der Waals surface area contributed by atoms with Crippen molar-refractivity contribution in [2.24, 2.45) is 0 Å². The molecule has 144 valence electrons. The van der Waals surface area contributed by atoms with Gasteiger partial charge >= 0.3 is 0 Å². The molecule has 1 aliphatic heterocycles. The van der Waals surface area contributed by atoms with E-state index in [0.717, 1.165) is 21.1 Å². The van der Waals surface area contributed by atoms with Gasteiger partial charge in [-0.15, -0.1) is 0 Å². The van der Waals surface area contributed by atoms with Gasteiger partial charge in [-0.3, -0.25) is 24.6 Å². The largest absolute Gasteiger partial charge is 0.495 e. The van der Waals surface area contributed by atoms with Gasteiger partial charge < -0.3 is 4.74 Å². The van der Waals surface area contributed by atoms with E-state index in [1.165, 1.54) is 25.3 Å². The summed E-state index contributed by atoms with van der Waals surface area (Å²) in [5.41, 5.74) is 0.766. The predicted molar refractivity (Wildman–Crippen MR) is 113 cm³/mol. The zero-order valence-electron chi connectivity index (χ0n) is 14.3. The van der Waals surface area contributed by atoms with Crippen LogP contribution in [0.25, 0.3) is 6.08 Å². The molecule has 2 aromatic rings. The molecule has 2 aromatic carbocycles.